The summed E-state index contributed by atoms with van der Waals surface area (Å²) in [6.45, 7) is 1.94. The highest BCUT2D eigenvalue weighted by molar-refractivity contribution is 6.06. The molecule has 0 saturated heterocycles. The lowest BCUT2D eigenvalue weighted by Crippen LogP contribution is -2.13. The summed E-state index contributed by atoms with van der Waals surface area (Å²) in [6.07, 6.45) is 0. The van der Waals surface area contributed by atoms with E-state index in [1.807, 2.05) is 55.5 Å². The molecule has 0 atom stereocenters. The van der Waals surface area contributed by atoms with E-state index in [2.05, 4.69) is 10.6 Å². The number of para-hydroxylation sites is 1. The highest BCUT2D eigenvalue weighted by atomic mass is 16.2. The lowest BCUT2D eigenvalue weighted by Gasteiger charge is -2.08. The fourth-order valence-corrected chi connectivity index (χ4v) is 2.42. The second-order valence-electron chi connectivity index (χ2n) is 5.72. The maximum atomic E-state index is 12.2. The average Bonchev–Trinajstić information content (AvgIpc) is 2.63. The molecule has 0 heterocycles. The second kappa shape index (κ2) is 7.45. The first-order valence-corrected chi connectivity index (χ1v) is 7.96. The van der Waals surface area contributed by atoms with Crippen LogP contribution in [0.5, 0.6) is 0 Å². The topological polar surface area (TPSA) is 58.2 Å². The van der Waals surface area contributed by atoms with E-state index in [0.29, 0.717) is 16.8 Å². The molecule has 4 nitrogen and oxygen atoms in total. The van der Waals surface area contributed by atoms with Crippen LogP contribution in [0.2, 0.25) is 0 Å². The molecule has 0 fully saturated rings. The van der Waals surface area contributed by atoms with Crippen LogP contribution in [0.4, 0.5) is 11.4 Å². The third-order valence-electron chi connectivity index (χ3n) is 3.72. The SMILES string of the molecule is Cc1cccc(C(=O)Nc2ccc(C(=O)Nc3ccccc3)cc2)c1. The quantitative estimate of drug-likeness (QED) is 0.740. The summed E-state index contributed by atoms with van der Waals surface area (Å²) in [5.74, 6) is -0.368. The summed E-state index contributed by atoms with van der Waals surface area (Å²) in [7, 11) is 0. The Morgan fingerprint density at radius 3 is 1.88 bits per heavy atom. The number of carbonyl (C=O) groups is 2. The van der Waals surface area contributed by atoms with Crippen LogP contribution in [0.1, 0.15) is 26.3 Å². The molecule has 4 heteroatoms. The van der Waals surface area contributed by atoms with E-state index < -0.39 is 0 Å². The third-order valence-corrected chi connectivity index (χ3v) is 3.72. The number of amides is 2. The summed E-state index contributed by atoms with van der Waals surface area (Å²) in [6, 6.07) is 23.5. The van der Waals surface area contributed by atoms with Crippen molar-refractivity contribution < 1.29 is 9.59 Å². The predicted octanol–water partition coefficient (Wildman–Crippen LogP) is 4.50. The van der Waals surface area contributed by atoms with Gasteiger partial charge in [0.15, 0.2) is 0 Å². The molecule has 0 spiro atoms. The first kappa shape index (κ1) is 16.5. The maximum absolute atomic E-state index is 12.2. The van der Waals surface area contributed by atoms with Gasteiger partial charge in [-0.1, -0.05) is 35.9 Å². The molecule has 3 aromatic carbocycles. The fourth-order valence-electron chi connectivity index (χ4n) is 2.42. The number of rotatable bonds is 4. The number of aryl methyl sites for hydroxylation is 1. The molecular formula is C21H18N2O2. The lowest BCUT2D eigenvalue weighted by atomic mass is 10.1. The summed E-state index contributed by atoms with van der Waals surface area (Å²) in [4.78, 5) is 24.4. The van der Waals surface area contributed by atoms with Crippen LogP contribution in [0, 0.1) is 6.92 Å². The van der Waals surface area contributed by atoms with E-state index in [4.69, 9.17) is 0 Å². The van der Waals surface area contributed by atoms with Crippen molar-refractivity contribution in [3.63, 3.8) is 0 Å². The molecule has 3 rings (SSSR count). The zero-order valence-electron chi connectivity index (χ0n) is 13.8. The molecule has 0 aliphatic rings. The van der Waals surface area contributed by atoms with Crippen molar-refractivity contribution >= 4 is 23.2 Å². The normalized spacial score (nSPS) is 10.1. The van der Waals surface area contributed by atoms with Gasteiger partial charge in [0.25, 0.3) is 11.8 Å². The second-order valence-corrected chi connectivity index (χ2v) is 5.72. The van der Waals surface area contributed by atoms with Gasteiger partial charge in [-0.3, -0.25) is 9.59 Å². The van der Waals surface area contributed by atoms with Crippen LogP contribution in [0.15, 0.2) is 78.9 Å². The van der Waals surface area contributed by atoms with Gasteiger partial charge in [0.05, 0.1) is 0 Å². The Morgan fingerprint density at radius 2 is 1.24 bits per heavy atom. The van der Waals surface area contributed by atoms with Crippen molar-refractivity contribution in [1.29, 1.82) is 0 Å². The van der Waals surface area contributed by atoms with Crippen LogP contribution >= 0.6 is 0 Å². The zero-order chi connectivity index (χ0) is 17.6. The summed E-state index contributed by atoms with van der Waals surface area (Å²) >= 11 is 0. The first-order chi connectivity index (χ1) is 12.1. The number of hydrogen-bond acceptors (Lipinski definition) is 2. The van der Waals surface area contributed by atoms with Crippen molar-refractivity contribution in [3.05, 3.63) is 95.6 Å². The molecule has 2 N–H and O–H groups in total. The van der Waals surface area contributed by atoms with E-state index in [-0.39, 0.29) is 11.8 Å². The van der Waals surface area contributed by atoms with Gasteiger partial charge in [-0.05, 0) is 55.5 Å². The summed E-state index contributed by atoms with van der Waals surface area (Å²) in [5.41, 5.74) is 3.54. The van der Waals surface area contributed by atoms with E-state index >= 15 is 0 Å². The predicted molar refractivity (Wildman–Crippen MR) is 100.0 cm³/mol. The van der Waals surface area contributed by atoms with Crippen LogP contribution in [-0.2, 0) is 0 Å². The molecule has 0 radical (unpaired) electrons. The largest absolute Gasteiger partial charge is 0.322 e. The van der Waals surface area contributed by atoms with Gasteiger partial charge in [-0.2, -0.15) is 0 Å². The first-order valence-electron chi connectivity index (χ1n) is 7.96. The lowest BCUT2D eigenvalue weighted by molar-refractivity contribution is 0.102. The Kier molecular flexibility index (Phi) is 4.90. The highest BCUT2D eigenvalue weighted by Gasteiger charge is 2.08. The average molecular weight is 330 g/mol. The van der Waals surface area contributed by atoms with Gasteiger partial charge in [0.2, 0.25) is 0 Å². The fraction of sp³-hybridized carbons (Fsp3) is 0.0476. The minimum Gasteiger partial charge on any atom is -0.322 e. The van der Waals surface area contributed by atoms with Crippen LogP contribution in [0.25, 0.3) is 0 Å². The minimum absolute atomic E-state index is 0.176. The van der Waals surface area contributed by atoms with Gasteiger partial charge in [0.1, 0.15) is 0 Å². The molecule has 25 heavy (non-hydrogen) atoms. The molecule has 0 aromatic heterocycles. The van der Waals surface area contributed by atoms with Crippen LogP contribution < -0.4 is 10.6 Å². The Balaban J connectivity index is 1.66. The van der Waals surface area contributed by atoms with Gasteiger partial charge in [-0.15, -0.1) is 0 Å². The van der Waals surface area contributed by atoms with Crippen molar-refractivity contribution in [2.24, 2.45) is 0 Å². The summed E-state index contributed by atoms with van der Waals surface area (Å²) < 4.78 is 0. The molecule has 0 saturated carbocycles. The van der Waals surface area contributed by atoms with Gasteiger partial charge in [-0.25, -0.2) is 0 Å². The van der Waals surface area contributed by atoms with Gasteiger partial charge in [0, 0.05) is 22.5 Å². The standard InChI is InChI=1S/C21H18N2O2/c1-15-6-5-7-17(14-15)21(25)23-19-12-10-16(11-13-19)20(24)22-18-8-3-2-4-9-18/h2-14H,1H3,(H,22,24)(H,23,25). The molecular weight excluding hydrogens is 312 g/mol. The minimum atomic E-state index is -0.192. The van der Waals surface area contributed by atoms with Crippen molar-refractivity contribution in [3.8, 4) is 0 Å². The Bertz CT molecular complexity index is 887. The number of benzene rings is 3. The van der Waals surface area contributed by atoms with Crippen LogP contribution in [-0.4, -0.2) is 11.8 Å². The van der Waals surface area contributed by atoms with Gasteiger partial charge < -0.3 is 10.6 Å². The van der Waals surface area contributed by atoms with Gasteiger partial charge >= 0.3 is 0 Å². The molecule has 0 unspecified atom stereocenters. The van der Waals surface area contributed by atoms with E-state index in [1.54, 1.807) is 30.3 Å². The number of nitrogens with one attached hydrogen (secondary N) is 2. The smallest absolute Gasteiger partial charge is 0.255 e. The third kappa shape index (κ3) is 4.32. The Morgan fingerprint density at radius 1 is 0.640 bits per heavy atom. The zero-order valence-corrected chi connectivity index (χ0v) is 13.8. The Hall–Kier alpha value is -3.40. The molecule has 124 valence electrons. The van der Waals surface area contributed by atoms with Crippen molar-refractivity contribution in [2.45, 2.75) is 6.92 Å². The van der Waals surface area contributed by atoms with E-state index in [1.165, 1.54) is 0 Å². The molecule has 2 amide bonds. The van der Waals surface area contributed by atoms with Crippen molar-refractivity contribution in [2.75, 3.05) is 10.6 Å². The number of carbonyl (C=O) groups excluding carboxylic acids is 2. The molecule has 3 aromatic rings. The van der Waals surface area contributed by atoms with E-state index in [0.717, 1.165) is 11.3 Å². The monoisotopic (exact) mass is 330 g/mol. The van der Waals surface area contributed by atoms with E-state index in [9.17, 15) is 9.59 Å². The summed E-state index contributed by atoms with van der Waals surface area (Å²) in [5, 5.41) is 5.65. The maximum Gasteiger partial charge on any atom is 0.255 e. The molecule has 0 bridgehead atoms. The highest BCUT2D eigenvalue weighted by Crippen LogP contribution is 2.14. The number of hydrogen-bond donors (Lipinski definition) is 2. The Labute approximate surface area is 146 Å². The van der Waals surface area contributed by atoms with Crippen molar-refractivity contribution in [1.82, 2.24) is 0 Å². The molecule has 0 aliphatic heterocycles. The number of anilines is 2. The van der Waals surface area contributed by atoms with Crippen LogP contribution in [0.3, 0.4) is 0 Å². The molecule has 0 aliphatic carbocycles.